The first kappa shape index (κ1) is 15.6. The minimum Gasteiger partial charge on any atom is -0.311 e. The van der Waals surface area contributed by atoms with Gasteiger partial charge in [-0.05, 0) is 43.5 Å². The van der Waals surface area contributed by atoms with E-state index in [-0.39, 0.29) is 5.56 Å². The summed E-state index contributed by atoms with van der Waals surface area (Å²) in [6.45, 7) is 6.89. The van der Waals surface area contributed by atoms with Crippen LogP contribution in [0, 0.1) is 13.8 Å². The number of hydrogen-bond donors (Lipinski definition) is 0. The predicted molar refractivity (Wildman–Crippen MR) is 101 cm³/mol. The fraction of sp³-hybridized carbons (Fsp3) is 0.238. The van der Waals surface area contributed by atoms with Gasteiger partial charge >= 0.3 is 0 Å². The molecule has 2 aromatic carbocycles. The molecule has 0 atom stereocenters. The lowest BCUT2D eigenvalue weighted by Gasteiger charge is -2.17. The van der Waals surface area contributed by atoms with E-state index in [4.69, 9.17) is 4.98 Å². The maximum absolute atomic E-state index is 13.0. The molecule has 126 valence electrons. The van der Waals surface area contributed by atoms with Crippen LogP contribution in [0.25, 0.3) is 16.8 Å². The molecule has 0 saturated carbocycles. The number of aromatic nitrogens is 3. The Morgan fingerprint density at radius 3 is 2.48 bits per heavy atom. The van der Waals surface area contributed by atoms with Crippen LogP contribution in [0.2, 0.25) is 0 Å². The lowest BCUT2D eigenvalue weighted by molar-refractivity contribution is 0.731. The van der Waals surface area contributed by atoms with Crippen LogP contribution in [0.4, 0.5) is 0 Å². The van der Waals surface area contributed by atoms with Crippen LogP contribution in [0.15, 0.2) is 53.3 Å². The number of rotatable bonds is 3. The Morgan fingerprint density at radius 2 is 1.72 bits per heavy atom. The average molecular weight is 331 g/mol. The van der Waals surface area contributed by atoms with Crippen LogP contribution in [0.1, 0.15) is 29.3 Å². The van der Waals surface area contributed by atoms with Crippen molar-refractivity contribution in [2.45, 2.75) is 33.7 Å². The third-order valence-corrected chi connectivity index (χ3v) is 5.03. The molecule has 25 heavy (non-hydrogen) atoms. The van der Waals surface area contributed by atoms with Crippen molar-refractivity contribution in [3.05, 3.63) is 81.3 Å². The molecule has 0 unspecified atom stereocenters. The van der Waals surface area contributed by atoms with Crippen molar-refractivity contribution in [2.75, 3.05) is 0 Å². The second kappa shape index (κ2) is 5.88. The molecule has 4 aromatic rings. The molecule has 0 N–H and O–H groups in total. The van der Waals surface area contributed by atoms with Gasteiger partial charge in [-0.1, -0.05) is 43.3 Å². The highest BCUT2D eigenvalue weighted by atomic mass is 16.1. The number of nitrogens with zero attached hydrogens (tertiary/aromatic N) is 3. The van der Waals surface area contributed by atoms with E-state index in [0.717, 1.165) is 22.3 Å². The number of benzene rings is 2. The van der Waals surface area contributed by atoms with Crippen molar-refractivity contribution in [1.29, 1.82) is 0 Å². The molecular formula is C21H21N3O. The van der Waals surface area contributed by atoms with Crippen LogP contribution in [-0.4, -0.2) is 14.0 Å². The average Bonchev–Trinajstić information content (AvgIpc) is 3.00. The molecule has 0 bridgehead atoms. The minimum absolute atomic E-state index is 0.0460. The van der Waals surface area contributed by atoms with Crippen molar-refractivity contribution in [2.24, 2.45) is 0 Å². The molecule has 0 aliphatic rings. The molecule has 2 aromatic heterocycles. The highest BCUT2D eigenvalue weighted by Gasteiger charge is 2.17. The second-order valence-electron chi connectivity index (χ2n) is 6.47. The van der Waals surface area contributed by atoms with E-state index in [2.05, 4.69) is 29.7 Å². The lowest BCUT2D eigenvalue weighted by Crippen LogP contribution is -2.25. The van der Waals surface area contributed by atoms with Gasteiger partial charge in [0.25, 0.3) is 5.56 Å². The third kappa shape index (κ3) is 2.37. The molecule has 4 rings (SSSR count). The molecule has 0 spiro atoms. The maximum Gasteiger partial charge on any atom is 0.262 e. The van der Waals surface area contributed by atoms with Crippen molar-refractivity contribution in [1.82, 2.24) is 14.0 Å². The zero-order valence-electron chi connectivity index (χ0n) is 14.8. The van der Waals surface area contributed by atoms with Crippen molar-refractivity contribution in [3.8, 4) is 0 Å². The summed E-state index contributed by atoms with van der Waals surface area (Å²) >= 11 is 0. The normalized spacial score (nSPS) is 11.5. The maximum atomic E-state index is 13.0. The fourth-order valence-corrected chi connectivity index (χ4v) is 3.55. The second-order valence-corrected chi connectivity index (χ2v) is 6.47. The largest absolute Gasteiger partial charge is 0.311 e. The van der Waals surface area contributed by atoms with Gasteiger partial charge in [0.15, 0.2) is 0 Å². The van der Waals surface area contributed by atoms with E-state index < -0.39 is 0 Å². The van der Waals surface area contributed by atoms with Crippen molar-refractivity contribution >= 4 is 16.8 Å². The van der Waals surface area contributed by atoms with E-state index in [1.165, 1.54) is 11.1 Å². The zero-order valence-corrected chi connectivity index (χ0v) is 14.8. The molecule has 0 saturated heterocycles. The Morgan fingerprint density at radius 1 is 1.00 bits per heavy atom. The third-order valence-electron chi connectivity index (χ3n) is 5.03. The van der Waals surface area contributed by atoms with Gasteiger partial charge in [0, 0.05) is 11.3 Å². The molecule has 0 radical (unpaired) electrons. The van der Waals surface area contributed by atoms with Gasteiger partial charge in [-0.3, -0.25) is 4.79 Å². The highest BCUT2D eigenvalue weighted by Crippen LogP contribution is 2.20. The van der Waals surface area contributed by atoms with Gasteiger partial charge in [-0.2, -0.15) is 0 Å². The van der Waals surface area contributed by atoms with Gasteiger partial charge < -0.3 is 4.57 Å². The number of para-hydroxylation sites is 2. The Bertz CT molecular complexity index is 1150. The Kier molecular flexibility index (Phi) is 3.68. The number of aryl methyl sites for hydroxylation is 1. The summed E-state index contributed by atoms with van der Waals surface area (Å²) in [5.74, 6) is 0.712. The summed E-state index contributed by atoms with van der Waals surface area (Å²) in [5.41, 5.74) is 6.10. The Balaban J connectivity index is 2.09. The number of fused-ring (bicyclic) bond motifs is 3. The SMILES string of the molecule is CCc1c(C)n(Cc2ccccc2C)c2nc3ccccc3n2c1=O. The fourth-order valence-electron chi connectivity index (χ4n) is 3.55. The molecule has 4 heteroatoms. The zero-order chi connectivity index (χ0) is 17.6. The summed E-state index contributed by atoms with van der Waals surface area (Å²) in [7, 11) is 0. The summed E-state index contributed by atoms with van der Waals surface area (Å²) in [6.07, 6.45) is 0.709. The first-order chi connectivity index (χ1) is 12.1. The van der Waals surface area contributed by atoms with Crippen LogP contribution >= 0.6 is 0 Å². The number of imidazole rings is 1. The quantitative estimate of drug-likeness (QED) is 0.571. The first-order valence-electron chi connectivity index (χ1n) is 8.65. The topological polar surface area (TPSA) is 39.3 Å². The summed E-state index contributed by atoms with van der Waals surface area (Å²) in [4.78, 5) is 17.8. The van der Waals surface area contributed by atoms with Gasteiger partial charge in [-0.15, -0.1) is 0 Å². The smallest absolute Gasteiger partial charge is 0.262 e. The van der Waals surface area contributed by atoms with Gasteiger partial charge in [0.2, 0.25) is 5.78 Å². The van der Waals surface area contributed by atoms with E-state index in [1.54, 1.807) is 4.40 Å². The van der Waals surface area contributed by atoms with E-state index in [9.17, 15) is 4.79 Å². The number of hydrogen-bond acceptors (Lipinski definition) is 2. The monoisotopic (exact) mass is 331 g/mol. The van der Waals surface area contributed by atoms with Crippen molar-refractivity contribution in [3.63, 3.8) is 0 Å². The summed E-state index contributed by atoms with van der Waals surface area (Å²) in [5, 5.41) is 0. The van der Waals surface area contributed by atoms with E-state index in [1.807, 2.05) is 44.2 Å². The van der Waals surface area contributed by atoms with Gasteiger partial charge in [0.05, 0.1) is 17.6 Å². The standard InChI is InChI=1S/C21H21N3O/c1-4-17-15(3)23(13-16-10-6-5-9-14(16)2)21-22-18-11-7-8-12-19(18)24(21)20(17)25/h5-12H,4,13H2,1-3H3. The first-order valence-corrected chi connectivity index (χ1v) is 8.65. The van der Waals surface area contributed by atoms with Gasteiger partial charge in [-0.25, -0.2) is 9.38 Å². The van der Waals surface area contributed by atoms with E-state index >= 15 is 0 Å². The Hall–Kier alpha value is -2.88. The van der Waals surface area contributed by atoms with Gasteiger partial charge in [0.1, 0.15) is 0 Å². The van der Waals surface area contributed by atoms with Crippen LogP contribution in [-0.2, 0) is 13.0 Å². The molecule has 4 nitrogen and oxygen atoms in total. The predicted octanol–water partition coefficient (Wildman–Crippen LogP) is 3.88. The molecule has 0 fully saturated rings. The summed E-state index contributed by atoms with van der Waals surface area (Å²) in [6, 6.07) is 16.2. The van der Waals surface area contributed by atoms with E-state index in [0.29, 0.717) is 18.7 Å². The van der Waals surface area contributed by atoms with Crippen LogP contribution < -0.4 is 5.56 Å². The molecule has 0 aliphatic carbocycles. The van der Waals surface area contributed by atoms with Crippen LogP contribution in [0.5, 0.6) is 0 Å². The van der Waals surface area contributed by atoms with Crippen LogP contribution in [0.3, 0.4) is 0 Å². The molecule has 0 amide bonds. The lowest BCUT2D eigenvalue weighted by atomic mass is 10.1. The molecule has 2 heterocycles. The highest BCUT2D eigenvalue weighted by molar-refractivity contribution is 5.79. The minimum atomic E-state index is 0.0460. The Labute approximate surface area is 146 Å². The van der Waals surface area contributed by atoms with Crippen molar-refractivity contribution < 1.29 is 0 Å². The molecular weight excluding hydrogens is 310 g/mol. The summed E-state index contributed by atoms with van der Waals surface area (Å²) < 4.78 is 3.93. The molecule has 0 aliphatic heterocycles.